The van der Waals surface area contributed by atoms with Gasteiger partial charge in [-0.2, -0.15) is 0 Å². The van der Waals surface area contributed by atoms with Crippen LogP contribution in [-0.4, -0.2) is 43.6 Å². The van der Waals surface area contributed by atoms with Crippen LogP contribution in [0.25, 0.3) is 0 Å². The van der Waals surface area contributed by atoms with Gasteiger partial charge in [-0.3, -0.25) is 4.90 Å². The number of sulfonamides is 1. The molecule has 2 rings (SSSR count). The molecule has 1 aromatic heterocycles. The van der Waals surface area contributed by atoms with Crippen molar-refractivity contribution in [1.29, 1.82) is 0 Å². The molecule has 6 nitrogen and oxygen atoms in total. The Hall–Kier alpha value is -0.890. The average Bonchev–Trinajstić information content (AvgIpc) is 3.13. The minimum absolute atomic E-state index is 0.226. The Kier molecular flexibility index (Phi) is 5.43. The zero-order chi connectivity index (χ0) is 15.5. The van der Waals surface area contributed by atoms with Gasteiger partial charge >= 0.3 is 0 Å². The van der Waals surface area contributed by atoms with Crippen LogP contribution in [0, 0.1) is 0 Å². The predicted octanol–water partition coefficient (Wildman–Crippen LogP) is 0.729. The summed E-state index contributed by atoms with van der Waals surface area (Å²) in [6.45, 7) is 7.66. The van der Waals surface area contributed by atoms with E-state index < -0.39 is 10.0 Å². The molecule has 1 aromatic rings. The highest BCUT2D eigenvalue weighted by Gasteiger charge is 2.22. The van der Waals surface area contributed by atoms with Crippen molar-refractivity contribution in [2.75, 3.05) is 19.6 Å². The number of aryl methyl sites for hydroxylation is 1. The van der Waals surface area contributed by atoms with Crippen molar-refractivity contribution in [3.05, 3.63) is 18.0 Å². The lowest BCUT2D eigenvalue weighted by Gasteiger charge is -2.23. The van der Waals surface area contributed by atoms with Crippen LogP contribution in [0.3, 0.4) is 0 Å². The fraction of sp³-hybridized carbons (Fsp3) is 0.714. The highest BCUT2D eigenvalue weighted by atomic mass is 32.2. The number of hydrogen-bond donors (Lipinski definition) is 2. The minimum Gasteiger partial charge on any atom is -0.349 e. The van der Waals surface area contributed by atoms with Crippen LogP contribution in [0.5, 0.6) is 0 Å². The number of aromatic nitrogens is 1. The van der Waals surface area contributed by atoms with Gasteiger partial charge in [0.05, 0.1) is 4.90 Å². The van der Waals surface area contributed by atoms with Gasteiger partial charge in [0.1, 0.15) is 0 Å². The van der Waals surface area contributed by atoms with E-state index in [1.165, 1.54) is 12.8 Å². The molecule has 0 amide bonds. The van der Waals surface area contributed by atoms with Gasteiger partial charge in [-0.05, 0) is 45.8 Å². The lowest BCUT2D eigenvalue weighted by Crippen LogP contribution is -2.40. The first-order chi connectivity index (χ1) is 9.97. The van der Waals surface area contributed by atoms with Crippen LogP contribution in [-0.2, 0) is 23.1 Å². The summed E-state index contributed by atoms with van der Waals surface area (Å²) in [6.07, 6.45) is 4.07. The van der Waals surface area contributed by atoms with Crippen molar-refractivity contribution >= 4 is 10.0 Å². The number of rotatable bonds is 7. The molecule has 21 heavy (non-hydrogen) atoms. The molecular formula is C14H26N4O2S. The Labute approximate surface area is 127 Å². The average molecular weight is 314 g/mol. The van der Waals surface area contributed by atoms with Crippen LogP contribution in [0.2, 0.25) is 0 Å². The topological polar surface area (TPSA) is 80.4 Å². The molecule has 0 radical (unpaired) electrons. The van der Waals surface area contributed by atoms with E-state index in [0.29, 0.717) is 24.5 Å². The molecule has 1 unspecified atom stereocenters. The Morgan fingerprint density at radius 1 is 1.38 bits per heavy atom. The van der Waals surface area contributed by atoms with Crippen molar-refractivity contribution in [2.45, 2.75) is 50.7 Å². The molecule has 2 heterocycles. The molecule has 1 saturated heterocycles. The Bertz CT molecular complexity index is 540. The molecule has 0 aliphatic carbocycles. The second-order valence-electron chi connectivity index (χ2n) is 5.60. The summed E-state index contributed by atoms with van der Waals surface area (Å²) in [4.78, 5) is 2.63. The van der Waals surface area contributed by atoms with Gasteiger partial charge < -0.3 is 10.3 Å². The molecule has 1 aliphatic heterocycles. The van der Waals surface area contributed by atoms with E-state index in [1.807, 2.05) is 11.5 Å². The maximum atomic E-state index is 12.4. The van der Waals surface area contributed by atoms with Crippen LogP contribution in [0.1, 0.15) is 32.4 Å². The summed E-state index contributed by atoms with van der Waals surface area (Å²) >= 11 is 0. The van der Waals surface area contributed by atoms with E-state index in [4.69, 9.17) is 5.73 Å². The predicted molar refractivity (Wildman–Crippen MR) is 83.5 cm³/mol. The summed E-state index contributed by atoms with van der Waals surface area (Å²) < 4.78 is 29.3. The fourth-order valence-corrected chi connectivity index (χ4v) is 3.95. The lowest BCUT2D eigenvalue weighted by molar-refractivity contribution is 0.260. The second-order valence-corrected chi connectivity index (χ2v) is 7.37. The molecule has 0 saturated carbocycles. The van der Waals surface area contributed by atoms with Crippen LogP contribution in [0.4, 0.5) is 0 Å². The summed E-state index contributed by atoms with van der Waals surface area (Å²) in [7, 11) is -3.46. The molecule has 3 N–H and O–H groups in total. The minimum atomic E-state index is -3.46. The van der Waals surface area contributed by atoms with E-state index >= 15 is 0 Å². The monoisotopic (exact) mass is 314 g/mol. The third-order valence-corrected chi connectivity index (χ3v) is 5.54. The Balaban J connectivity index is 2.02. The highest BCUT2D eigenvalue weighted by molar-refractivity contribution is 7.89. The highest BCUT2D eigenvalue weighted by Crippen LogP contribution is 2.15. The third kappa shape index (κ3) is 3.85. The van der Waals surface area contributed by atoms with E-state index in [0.717, 1.165) is 18.8 Å². The number of likely N-dealkylation sites (tertiary alicyclic amines) is 1. The van der Waals surface area contributed by atoms with E-state index in [1.54, 1.807) is 12.3 Å². The first-order valence-electron chi connectivity index (χ1n) is 7.60. The molecule has 1 atom stereocenters. The number of nitrogens with one attached hydrogen (secondary N) is 1. The smallest absolute Gasteiger partial charge is 0.242 e. The van der Waals surface area contributed by atoms with Crippen LogP contribution >= 0.6 is 0 Å². The largest absolute Gasteiger partial charge is 0.349 e. The third-order valence-electron chi connectivity index (χ3n) is 4.15. The molecular weight excluding hydrogens is 288 g/mol. The van der Waals surface area contributed by atoms with Gasteiger partial charge in [0.15, 0.2) is 0 Å². The molecule has 7 heteroatoms. The van der Waals surface area contributed by atoms with E-state index in [9.17, 15) is 8.42 Å². The number of nitrogens with two attached hydrogens (primary N) is 1. The second kappa shape index (κ2) is 6.91. The van der Waals surface area contributed by atoms with Crippen molar-refractivity contribution in [3.63, 3.8) is 0 Å². The van der Waals surface area contributed by atoms with E-state index in [-0.39, 0.29) is 6.04 Å². The molecule has 1 fully saturated rings. The zero-order valence-corrected chi connectivity index (χ0v) is 13.7. The SMILES string of the molecule is CCn1cc(S(=O)(=O)NCC(C)N2CCCC2)cc1CN. The Morgan fingerprint density at radius 3 is 2.57 bits per heavy atom. The van der Waals surface area contributed by atoms with Crippen molar-refractivity contribution in [2.24, 2.45) is 5.73 Å². The molecule has 0 spiro atoms. The van der Waals surface area contributed by atoms with Gasteiger partial charge in [0.2, 0.25) is 10.0 Å². The summed E-state index contributed by atoms with van der Waals surface area (Å²) in [6, 6.07) is 1.89. The molecule has 0 bridgehead atoms. The van der Waals surface area contributed by atoms with E-state index in [2.05, 4.69) is 16.5 Å². The first kappa shape index (κ1) is 16.5. The summed E-state index contributed by atoms with van der Waals surface area (Å²) in [5.74, 6) is 0. The van der Waals surface area contributed by atoms with Crippen molar-refractivity contribution < 1.29 is 8.42 Å². The maximum absolute atomic E-state index is 12.4. The van der Waals surface area contributed by atoms with Gasteiger partial charge in [-0.15, -0.1) is 0 Å². The zero-order valence-electron chi connectivity index (χ0n) is 12.9. The van der Waals surface area contributed by atoms with Crippen LogP contribution in [0.15, 0.2) is 17.2 Å². The van der Waals surface area contributed by atoms with Crippen LogP contribution < -0.4 is 10.5 Å². The fourth-order valence-electron chi connectivity index (χ4n) is 2.76. The Morgan fingerprint density at radius 2 is 2.05 bits per heavy atom. The van der Waals surface area contributed by atoms with Gasteiger partial charge in [0.25, 0.3) is 0 Å². The standard InChI is InChI=1S/C14H26N4O2S/c1-3-17-11-14(8-13(17)9-15)21(19,20)16-10-12(2)18-6-4-5-7-18/h8,11-12,16H,3-7,9-10,15H2,1-2H3. The van der Waals surface area contributed by atoms with Crippen molar-refractivity contribution in [3.8, 4) is 0 Å². The maximum Gasteiger partial charge on any atom is 0.242 e. The molecule has 120 valence electrons. The van der Waals surface area contributed by atoms with Gasteiger partial charge in [-0.25, -0.2) is 13.1 Å². The van der Waals surface area contributed by atoms with Crippen molar-refractivity contribution in [1.82, 2.24) is 14.2 Å². The number of hydrogen-bond acceptors (Lipinski definition) is 4. The summed E-state index contributed by atoms with van der Waals surface area (Å²) in [5.41, 5.74) is 6.48. The quantitative estimate of drug-likeness (QED) is 0.777. The molecule has 1 aliphatic rings. The summed E-state index contributed by atoms with van der Waals surface area (Å²) in [5, 5.41) is 0. The normalized spacial score (nSPS) is 18.2. The molecule has 0 aromatic carbocycles. The van der Waals surface area contributed by atoms with Gasteiger partial charge in [-0.1, -0.05) is 0 Å². The van der Waals surface area contributed by atoms with Gasteiger partial charge in [0, 0.05) is 37.6 Å². The number of nitrogens with zero attached hydrogens (tertiary/aromatic N) is 2. The first-order valence-corrected chi connectivity index (χ1v) is 9.09. The lowest BCUT2D eigenvalue weighted by atomic mass is 10.3.